The Morgan fingerprint density at radius 3 is 2.31 bits per heavy atom. The summed E-state index contributed by atoms with van der Waals surface area (Å²) in [5, 5.41) is 0. The zero-order chi connectivity index (χ0) is 9.26. The van der Waals surface area contributed by atoms with E-state index >= 15 is 0 Å². The molecule has 13 heavy (non-hydrogen) atoms. The highest BCUT2D eigenvalue weighted by molar-refractivity contribution is 4.82. The molecule has 0 amide bonds. The Kier molecular flexibility index (Phi) is 2.87. The van der Waals surface area contributed by atoms with Gasteiger partial charge >= 0.3 is 0 Å². The molecular formula is C11H20FN. The zero-order valence-corrected chi connectivity index (χ0v) is 8.51. The van der Waals surface area contributed by atoms with Gasteiger partial charge < -0.3 is 0 Å². The minimum Gasteiger partial charge on any atom is -0.297 e. The molecule has 0 aromatic heterocycles. The van der Waals surface area contributed by atoms with Gasteiger partial charge in [-0.1, -0.05) is 19.8 Å². The average molecular weight is 185 g/mol. The topological polar surface area (TPSA) is 3.24 Å². The van der Waals surface area contributed by atoms with Crippen LogP contribution in [0.5, 0.6) is 0 Å². The van der Waals surface area contributed by atoms with E-state index in [1.807, 2.05) is 0 Å². The highest BCUT2D eigenvalue weighted by Crippen LogP contribution is 2.29. The van der Waals surface area contributed by atoms with Crippen LogP contribution >= 0.6 is 0 Å². The molecule has 1 heterocycles. The summed E-state index contributed by atoms with van der Waals surface area (Å²) in [5.74, 6) is 1.80. The van der Waals surface area contributed by atoms with Crippen molar-refractivity contribution in [1.82, 2.24) is 4.90 Å². The van der Waals surface area contributed by atoms with Gasteiger partial charge in [-0.25, -0.2) is 4.39 Å². The lowest BCUT2D eigenvalue weighted by molar-refractivity contribution is 0.0436. The first-order chi connectivity index (χ1) is 6.24. The molecule has 2 rings (SSSR count). The van der Waals surface area contributed by atoms with Crippen molar-refractivity contribution in [3.63, 3.8) is 0 Å². The van der Waals surface area contributed by atoms with Gasteiger partial charge in [-0.15, -0.1) is 0 Å². The number of alkyl halides is 1. The highest BCUT2D eigenvalue weighted by atomic mass is 19.1. The van der Waals surface area contributed by atoms with Crippen LogP contribution in [0.25, 0.3) is 0 Å². The maximum Gasteiger partial charge on any atom is 0.125 e. The third-order valence-corrected chi connectivity index (χ3v) is 3.56. The highest BCUT2D eigenvalue weighted by Gasteiger charge is 2.29. The maximum absolute atomic E-state index is 12.5. The van der Waals surface area contributed by atoms with Crippen LogP contribution in [-0.2, 0) is 0 Å². The fourth-order valence-corrected chi connectivity index (χ4v) is 2.53. The van der Waals surface area contributed by atoms with Gasteiger partial charge in [-0.05, 0) is 24.7 Å². The SMILES string of the molecule is CC1CCC(CN2CC(F)C2)CC1. The minimum absolute atomic E-state index is 0.525. The van der Waals surface area contributed by atoms with Crippen LogP contribution in [-0.4, -0.2) is 30.7 Å². The Hall–Kier alpha value is -0.110. The van der Waals surface area contributed by atoms with Gasteiger partial charge in [-0.2, -0.15) is 0 Å². The van der Waals surface area contributed by atoms with Crippen molar-refractivity contribution in [2.45, 2.75) is 38.8 Å². The Bertz CT molecular complexity index is 157. The monoisotopic (exact) mass is 185 g/mol. The minimum atomic E-state index is -0.525. The summed E-state index contributed by atoms with van der Waals surface area (Å²) >= 11 is 0. The number of halogens is 1. The molecule has 0 radical (unpaired) electrons. The molecule has 0 N–H and O–H groups in total. The third kappa shape index (κ3) is 2.43. The number of hydrogen-bond acceptors (Lipinski definition) is 1. The number of nitrogens with zero attached hydrogens (tertiary/aromatic N) is 1. The maximum atomic E-state index is 12.5. The van der Waals surface area contributed by atoms with Crippen LogP contribution in [0.2, 0.25) is 0 Å². The van der Waals surface area contributed by atoms with Crippen molar-refractivity contribution in [1.29, 1.82) is 0 Å². The summed E-state index contributed by atoms with van der Waals surface area (Å²) in [7, 11) is 0. The summed E-state index contributed by atoms with van der Waals surface area (Å²) < 4.78 is 12.5. The van der Waals surface area contributed by atoms with Crippen molar-refractivity contribution in [3.05, 3.63) is 0 Å². The summed E-state index contributed by atoms with van der Waals surface area (Å²) in [4.78, 5) is 2.27. The van der Waals surface area contributed by atoms with Gasteiger partial charge in [0.05, 0.1) is 0 Å². The number of rotatable bonds is 2. The third-order valence-electron chi connectivity index (χ3n) is 3.56. The molecule has 1 saturated heterocycles. The van der Waals surface area contributed by atoms with E-state index in [1.165, 1.54) is 25.7 Å². The predicted molar refractivity (Wildman–Crippen MR) is 52.5 cm³/mol. The smallest absolute Gasteiger partial charge is 0.125 e. The number of hydrogen-bond donors (Lipinski definition) is 0. The summed E-state index contributed by atoms with van der Waals surface area (Å²) in [6, 6.07) is 0. The van der Waals surface area contributed by atoms with Crippen molar-refractivity contribution in [2.24, 2.45) is 11.8 Å². The first-order valence-electron chi connectivity index (χ1n) is 5.60. The fourth-order valence-electron chi connectivity index (χ4n) is 2.53. The Morgan fingerprint density at radius 2 is 1.77 bits per heavy atom. The molecule has 0 aromatic rings. The summed E-state index contributed by atoms with van der Waals surface area (Å²) in [5.41, 5.74) is 0. The normalized spacial score (nSPS) is 37.4. The molecule has 0 atom stereocenters. The lowest BCUT2D eigenvalue weighted by atomic mass is 9.82. The van der Waals surface area contributed by atoms with Crippen molar-refractivity contribution in [2.75, 3.05) is 19.6 Å². The van der Waals surface area contributed by atoms with Gasteiger partial charge in [0.25, 0.3) is 0 Å². The quantitative estimate of drug-likeness (QED) is 0.639. The molecule has 1 aliphatic heterocycles. The van der Waals surface area contributed by atoms with Crippen molar-refractivity contribution in [3.8, 4) is 0 Å². The first-order valence-corrected chi connectivity index (χ1v) is 5.60. The Balaban J connectivity index is 1.65. The molecule has 1 nitrogen and oxygen atoms in total. The van der Waals surface area contributed by atoms with Gasteiger partial charge in [0.15, 0.2) is 0 Å². The van der Waals surface area contributed by atoms with Crippen LogP contribution in [0.4, 0.5) is 4.39 Å². The molecule has 2 fully saturated rings. The second-order valence-corrected chi connectivity index (χ2v) is 4.94. The lowest BCUT2D eigenvalue weighted by Crippen LogP contribution is -2.50. The van der Waals surface area contributed by atoms with Gasteiger partial charge in [0.2, 0.25) is 0 Å². The Labute approximate surface area is 80.3 Å². The molecule has 0 spiro atoms. The molecule has 0 bridgehead atoms. The molecular weight excluding hydrogens is 165 g/mol. The molecule has 1 saturated carbocycles. The van der Waals surface area contributed by atoms with Crippen molar-refractivity contribution < 1.29 is 4.39 Å². The van der Waals surface area contributed by atoms with Crippen LogP contribution in [0.1, 0.15) is 32.6 Å². The van der Waals surface area contributed by atoms with Gasteiger partial charge in [0, 0.05) is 19.6 Å². The van der Waals surface area contributed by atoms with Crippen LogP contribution < -0.4 is 0 Å². The van der Waals surface area contributed by atoms with E-state index in [4.69, 9.17) is 0 Å². The van der Waals surface area contributed by atoms with Crippen LogP contribution in [0.15, 0.2) is 0 Å². The van der Waals surface area contributed by atoms with Crippen molar-refractivity contribution >= 4 is 0 Å². The summed E-state index contributed by atoms with van der Waals surface area (Å²) in [6.45, 7) is 4.91. The van der Waals surface area contributed by atoms with Crippen LogP contribution in [0.3, 0.4) is 0 Å². The average Bonchev–Trinajstić information content (AvgIpc) is 2.06. The first kappa shape index (κ1) is 9.45. The van der Waals surface area contributed by atoms with Crippen LogP contribution in [0, 0.1) is 11.8 Å². The second kappa shape index (κ2) is 3.95. The number of likely N-dealkylation sites (tertiary alicyclic amines) is 1. The van der Waals surface area contributed by atoms with E-state index in [-0.39, 0.29) is 0 Å². The molecule has 2 aliphatic rings. The largest absolute Gasteiger partial charge is 0.297 e. The predicted octanol–water partition coefficient (Wildman–Crippen LogP) is 2.47. The molecule has 0 aromatic carbocycles. The fraction of sp³-hybridized carbons (Fsp3) is 1.00. The van der Waals surface area contributed by atoms with E-state index in [0.717, 1.165) is 18.4 Å². The molecule has 76 valence electrons. The molecule has 2 heteroatoms. The standard InChI is InChI=1S/C11H20FN/c1-9-2-4-10(5-3-9)6-13-7-11(12)8-13/h9-11H,2-8H2,1H3. The van der Waals surface area contributed by atoms with Gasteiger partial charge in [0.1, 0.15) is 6.17 Å². The summed E-state index contributed by atoms with van der Waals surface area (Å²) in [6.07, 6.45) is 4.99. The van der Waals surface area contributed by atoms with Gasteiger partial charge in [-0.3, -0.25) is 4.90 Å². The lowest BCUT2D eigenvalue weighted by Gasteiger charge is -2.38. The molecule has 1 aliphatic carbocycles. The zero-order valence-electron chi connectivity index (χ0n) is 8.51. The van der Waals surface area contributed by atoms with E-state index in [2.05, 4.69) is 11.8 Å². The Morgan fingerprint density at radius 1 is 1.15 bits per heavy atom. The van der Waals surface area contributed by atoms with E-state index in [0.29, 0.717) is 13.1 Å². The molecule has 0 unspecified atom stereocenters. The van der Waals surface area contributed by atoms with E-state index in [9.17, 15) is 4.39 Å². The van der Waals surface area contributed by atoms with E-state index < -0.39 is 6.17 Å². The van der Waals surface area contributed by atoms with E-state index in [1.54, 1.807) is 0 Å². The second-order valence-electron chi connectivity index (χ2n) is 4.94.